The predicted octanol–water partition coefficient (Wildman–Crippen LogP) is 5.51. The van der Waals surface area contributed by atoms with Gasteiger partial charge in [-0.3, -0.25) is 4.90 Å². The number of aryl methyl sites for hydroxylation is 1. The molecule has 0 bridgehead atoms. The molecule has 3 aromatic carbocycles. The maximum atomic E-state index is 13.5. The minimum atomic E-state index is -1.08. The van der Waals surface area contributed by atoms with Gasteiger partial charge in [-0.25, -0.2) is 4.39 Å². The van der Waals surface area contributed by atoms with Crippen molar-refractivity contribution in [3.05, 3.63) is 83.7 Å². The number of fused-ring (bicyclic) bond motifs is 2. The van der Waals surface area contributed by atoms with Crippen molar-refractivity contribution < 1.29 is 9.50 Å². The third-order valence-electron chi connectivity index (χ3n) is 6.26. The van der Waals surface area contributed by atoms with Crippen LogP contribution >= 0.6 is 23.5 Å². The Balaban J connectivity index is 1.35. The Hall–Kier alpha value is -1.83. The molecule has 0 saturated carbocycles. The fourth-order valence-corrected chi connectivity index (χ4v) is 6.99. The van der Waals surface area contributed by atoms with Crippen LogP contribution < -0.4 is 5.32 Å². The van der Waals surface area contributed by atoms with Crippen LogP contribution in [0.15, 0.2) is 86.3 Å². The Morgan fingerprint density at radius 2 is 1.56 bits per heavy atom. The van der Waals surface area contributed by atoms with Gasteiger partial charge < -0.3 is 10.4 Å². The van der Waals surface area contributed by atoms with E-state index < -0.39 is 5.72 Å². The highest BCUT2D eigenvalue weighted by Gasteiger charge is 2.36. The van der Waals surface area contributed by atoms with E-state index in [-0.39, 0.29) is 5.82 Å². The van der Waals surface area contributed by atoms with Gasteiger partial charge in [0.2, 0.25) is 0 Å². The van der Waals surface area contributed by atoms with Crippen LogP contribution in [0, 0.1) is 5.82 Å². The second-order valence-electron chi connectivity index (χ2n) is 8.31. The quantitative estimate of drug-likeness (QED) is 0.392. The zero-order valence-electron chi connectivity index (χ0n) is 17.9. The van der Waals surface area contributed by atoms with Crippen LogP contribution in [0.3, 0.4) is 0 Å². The van der Waals surface area contributed by atoms with E-state index in [1.54, 1.807) is 12.1 Å². The normalized spacial score (nSPS) is 17.9. The molecule has 3 nitrogen and oxygen atoms in total. The first-order chi connectivity index (χ1) is 15.6. The van der Waals surface area contributed by atoms with E-state index in [1.165, 1.54) is 37.3 Å². The number of aliphatic hydroxyl groups is 1. The Kier molecular flexibility index (Phi) is 6.58. The van der Waals surface area contributed by atoms with E-state index in [4.69, 9.17) is 0 Å². The Morgan fingerprint density at radius 3 is 2.31 bits per heavy atom. The molecule has 2 N–H and O–H groups in total. The van der Waals surface area contributed by atoms with E-state index >= 15 is 0 Å². The number of nitrogens with zero attached hydrogens (tertiary/aromatic N) is 1. The molecule has 32 heavy (non-hydrogen) atoms. The van der Waals surface area contributed by atoms with Gasteiger partial charge in [0, 0.05) is 45.8 Å². The number of rotatable bonds is 6. The van der Waals surface area contributed by atoms with Crippen LogP contribution in [0.25, 0.3) is 0 Å². The number of piperazine rings is 1. The van der Waals surface area contributed by atoms with Crippen LogP contribution in [0.1, 0.15) is 24.0 Å². The predicted molar refractivity (Wildman–Crippen MR) is 129 cm³/mol. The molecule has 1 atom stereocenters. The molecule has 0 aromatic heterocycles. The summed E-state index contributed by atoms with van der Waals surface area (Å²) in [5, 5.41) is 15.2. The summed E-state index contributed by atoms with van der Waals surface area (Å²) in [6.07, 6.45) is 2.35. The molecule has 2 aliphatic heterocycles. The van der Waals surface area contributed by atoms with Crippen LogP contribution in [0.2, 0.25) is 0 Å². The van der Waals surface area contributed by atoms with E-state index in [1.807, 2.05) is 23.5 Å². The SMILES string of the molecule is OC(CCCc1cccc2c1Sc1ccccc1S2)(c1ccc(F)cc1)N1CCNCC1. The van der Waals surface area contributed by atoms with Crippen molar-refractivity contribution in [2.24, 2.45) is 0 Å². The topological polar surface area (TPSA) is 35.5 Å². The molecule has 3 aromatic rings. The lowest BCUT2D eigenvalue weighted by atomic mass is 9.93. The molecule has 6 heteroatoms. The second kappa shape index (κ2) is 9.57. The Labute approximate surface area is 197 Å². The molecular formula is C26H27FN2OS2. The van der Waals surface area contributed by atoms with Gasteiger partial charge in [0.05, 0.1) is 0 Å². The molecule has 2 aliphatic rings. The van der Waals surface area contributed by atoms with Crippen molar-refractivity contribution in [3.63, 3.8) is 0 Å². The number of hydrogen-bond acceptors (Lipinski definition) is 5. The van der Waals surface area contributed by atoms with Gasteiger partial charge in [-0.1, -0.05) is 59.9 Å². The van der Waals surface area contributed by atoms with E-state index in [0.29, 0.717) is 6.42 Å². The van der Waals surface area contributed by atoms with Gasteiger partial charge in [-0.15, -0.1) is 0 Å². The third-order valence-corrected chi connectivity index (χ3v) is 8.92. The van der Waals surface area contributed by atoms with Crippen molar-refractivity contribution in [2.75, 3.05) is 26.2 Å². The highest BCUT2D eigenvalue weighted by molar-refractivity contribution is 8.05. The Bertz CT molecular complexity index is 1090. The largest absolute Gasteiger partial charge is 0.371 e. The highest BCUT2D eigenvalue weighted by atomic mass is 32.2. The van der Waals surface area contributed by atoms with Gasteiger partial charge in [0.15, 0.2) is 0 Å². The number of hydrogen-bond donors (Lipinski definition) is 2. The number of nitrogens with one attached hydrogen (secondary N) is 1. The monoisotopic (exact) mass is 466 g/mol. The molecule has 2 heterocycles. The summed E-state index contributed by atoms with van der Waals surface area (Å²) < 4.78 is 13.5. The molecule has 1 saturated heterocycles. The fraction of sp³-hybridized carbons (Fsp3) is 0.308. The molecule has 1 fully saturated rings. The van der Waals surface area contributed by atoms with Gasteiger partial charge in [-0.05, 0) is 60.7 Å². The van der Waals surface area contributed by atoms with Crippen LogP contribution in [-0.2, 0) is 12.1 Å². The van der Waals surface area contributed by atoms with Gasteiger partial charge >= 0.3 is 0 Å². The summed E-state index contributed by atoms with van der Waals surface area (Å²) >= 11 is 3.69. The minimum Gasteiger partial charge on any atom is -0.371 e. The van der Waals surface area contributed by atoms with Gasteiger partial charge in [-0.2, -0.15) is 0 Å². The fourth-order valence-electron chi connectivity index (χ4n) is 4.56. The summed E-state index contributed by atoms with van der Waals surface area (Å²) in [5.41, 5.74) is 1.02. The van der Waals surface area contributed by atoms with E-state index in [2.05, 4.69) is 52.7 Å². The maximum absolute atomic E-state index is 13.5. The van der Waals surface area contributed by atoms with E-state index in [9.17, 15) is 9.50 Å². The average Bonchev–Trinajstić information content (AvgIpc) is 2.84. The van der Waals surface area contributed by atoms with Crippen molar-refractivity contribution in [3.8, 4) is 0 Å². The molecule has 0 aliphatic carbocycles. The van der Waals surface area contributed by atoms with Crippen LogP contribution in [0.4, 0.5) is 4.39 Å². The molecule has 0 amide bonds. The van der Waals surface area contributed by atoms with Crippen molar-refractivity contribution >= 4 is 23.5 Å². The van der Waals surface area contributed by atoms with Crippen molar-refractivity contribution in [1.82, 2.24) is 10.2 Å². The smallest absolute Gasteiger partial charge is 0.144 e. The van der Waals surface area contributed by atoms with Crippen LogP contribution in [-0.4, -0.2) is 36.2 Å². The summed E-state index contributed by atoms with van der Waals surface area (Å²) in [4.78, 5) is 7.40. The lowest BCUT2D eigenvalue weighted by Gasteiger charge is -2.42. The van der Waals surface area contributed by atoms with E-state index in [0.717, 1.165) is 44.6 Å². The standard InChI is InChI=1S/C26H27FN2OS2/c27-21-12-10-20(11-13-21)26(30,29-17-15-28-16-18-29)14-4-6-19-5-3-9-24-25(19)32-23-8-2-1-7-22(23)31-24/h1-3,5,7-13,28,30H,4,6,14-18H2. The first kappa shape index (κ1) is 22.0. The van der Waals surface area contributed by atoms with Crippen molar-refractivity contribution in [2.45, 2.75) is 44.6 Å². The summed E-state index contributed by atoms with van der Waals surface area (Å²) in [6.45, 7) is 3.25. The van der Waals surface area contributed by atoms with Gasteiger partial charge in [0.1, 0.15) is 11.5 Å². The summed E-state index contributed by atoms with van der Waals surface area (Å²) in [5.74, 6) is -0.276. The first-order valence-corrected chi connectivity index (χ1v) is 12.8. The maximum Gasteiger partial charge on any atom is 0.144 e. The molecular weight excluding hydrogens is 439 g/mol. The zero-order valence-corrected chi connectivity index (χ0v) is 19.5. The third kappa shape index (κ3) is 4.47. The number of halogens is 1. The average molecular weight is 467 g/mol. The second-order valence-corrected chi connectivity index (χ2v) is 10.4. The van der Waals surface area contributed by atoms with Crippen LogP contribution in [0.5, 0.6) is 0 Å². The zero-order chi connectivity index (χ0) is 22.0. The van der Waals surface area contributed by atoms with Crippen molar-refractivity contribution in [1.29, 1.82) is 0 Å². The molecule has 166 valence electrons. The summed E-state index contributed by atoms with van der Waals surface area (Å²) in [6, 6.07) is 21.4. The minimum absolute atomic E-state index is 0.276. The lowest BCUT2D eigenvalue weighted by Crippen LogP contribution is -2.54. The Morgan fingerprint density at radius 1 is 0.875 bits per heavy atom. The highest BCUT2D eigenvalue weighted by Crippen LogP contribution is 2.49. The summed E-state index contributed by atoms with van der Waals surface area (Å²) in [7, 11) is 0. The number of benzene rings is 3. The molecule has 1 unspecified atom stereocenters. The molecule has 0 radical (unpaired) electrons. The first-order valence-electron chi connectivity index (χ1n) is 11.1. The molecule has 0 spiro atoms. The molecule has 5 rings (SSSR count). The van der Waals surface area contributed by atoms with Gasteiger partial charge in [0.25, 0.3) is 0 Å². The lowest BCUT2D eigenvalue weighted by molar-refractivity contribution is -0.127.